The van der Waals surface area contributed by atoms with Crippen molar-refractivity contribution in [2.24, 2.45) is 0 Å². The number of aromatic nitrogens is 2. The number of carbonyl (C=O) groups excluding carboxylic acids is 1. The van der Waals surface area contributed by atoms with E-state index in [4.69, 9.17) is 9.47 Å². The molecule has 0 N–H and O–H groups in total. The molecule has 6 heteroatoms. The van der Waals surface area contributed by atoms with Crippen LogP contribution in [0.2, 0.25) is 0 Å². The lowest BCUT2D eigenvalue weighted by atomic mass is 10.1. The van der Waals surface area contributed by atoms with Crippen LogP contribution in [0.4, 0.5) is 0 Å². The first-order valence-electron chi connectivity index (χ1n) is 9.78. The highest BCUT2D eigenvalue weighted by atomic mass is 16.5. The molecule has 3 heterocycles. The fraction of sp³-hybridized carbons (Fsp3) is 0.789. The molecule has 0 saturated carbocycles. The topological polar surface area (TPSA) is 56.6 Å². The third-order valence-corrected chi connectivity index (χ3v) is 5.51. The molecule has 1 aromatic heterocycles. The second kappa shape index (κ2) is 8.32. The summed E-state index contributed by atoms with van der Waals surface area (Å²) in [6.45, 7) is 9.08. The summed E-state index contributed by atoms with van der Waals surface area (Å²) in [5.41, 5.74) is 1.81. The predicted molar refractivity (Wildman–Crippen MR) is 95.8 cm³/mol. The molecule has 0 aromatic carbocycles. The molecule has 0 unspecified atom stereocenters. The quantitative estimate of drug-likeness (QED) is 0.792. The van der Waals surface area contributed by atoms with Crippen molar-refractivity contribution in [3.63, 3.8) is 0 Å². The molecule has 2 aliphatic heterocycles. The van der Waals surface area contributed by atoms with Crippen LogP contribution >= 0.6 is 0 Å². The van der Waals surface area contributed by atoms with Crippen molar-refractivity contribution in [2.45, 2.75) is 71.1 Å². The van der Waals surface area contributed by atoms with Crippen molar-refractivity contribution in [1.82, 2.24) is 14.7 Å². The average molecular weight is 349 g/mol. The van der Waals surface area contributed by atoms with Crippen molar-refractivity contribution in [1.29, 1.82) is 0 Å². The Hall–Kier alpha value is -1.40. The minimum atomic E-state index is -0.000599. The molecule has 2 atom stereocenters. The standard InChI is InChI=1S/C19H31N3O3/c1-4-14(5-2)22-16(6-3)15(12-20-22)19(23)21-9-11-25-18(13-21)17-8-7-10-24-17/h12,14,17-18H,4-11,13H2,1-3H3/t17-,18-/m0/s1. The van der Waals surface area contributed by atoms with Crippen molar-refractivity contribution in [3.05, 3.63) is 17.5 Å². The molecule has 0 aliphatic carbocycles. The van der Waals surface area contributed by atoms with Crippen molar-refractivity contribution in [2.75, 3.05) is 26.3 Å². The summed E-state index contributed by atoms with van der Waals surface area (Å²) in [4.78, 5) is 15.0. The highest BCUT2D eigenvalue weighted by Crippen LogP contribution is 2.24. The van der Waals surface area contributed by atoms with Crippen LogP contribution in [-0.4, -0.2) is 59.1 Å². The van der Waals surface area contributed by atoms with E-state index < -0.39 is 0 Å². The van der Waals surface area contributed by atoms with Gasteiger partial charge in [0.05, 0.1) is 36.2 Å². The number of morpholine rings is 1. The van der Waals surface area contributed by atoms with Crippen LogP contribution in [0.1, 0.15) is 68.5 Å². The third kappa shape index (κ3) is 3.75. The minimum Gasteiger partial charge on any atom is -0.375 e. The van der Waals surface area contributed by atoms with Gasteiger partial charge in [0.15, 0.2) is 0 Å². The van der Waals surface area contributed by atoms with E-state index in [0.29, 0.717) is 25.7 Å². The van der Waals surface area contributed by atoms with Gasteiger partial charge in [0.25, 0.3) is 5.91 Å². The maximum Gasteiger partial charge on any atom is 0.257 e. The summed E-state index contributed by atoms with van der Waals surface area (Å²) < 4.78 is 13.7. The lowest BCUT2D eigenvalue weighted by molar-refractivity contribution is -0.0868. The molecule has 2 fully saturated rings. The Kier molecular flexibility index (Phi) is 6.12. The van der Waals surface area contributed by atoms with Gasteiger partial charge >= 0.3 is 0 Å². The van der Waals surface area contributed by atoms with Gasteiger partial charge in [0, 0.05) is 19.7 Å². The number of carbonyl (C=O) groups is 1. The predicted octanol–water partition coefficient (Wildman–Crippen LogP) is 2.83. The SMILES string of the molecule is CCc1c(C(=O)N2CCO[C@H]([C@@H]3CCCO3)C2)cnn1C(CC)CC. The molecule has 2 aliphatic rings. The highest BCUT2D eigenvalue weighted by Gasteiger charge is 2.34. The number of nitrogens with zero attached hydrogens (tertiary/aromatic N) is 3. The monoisotopic (exact) mass is 349 g/mol. The minimum absolute atomic E-state index is 0.000599. The van der Waals surface area contributed by atoms with E-state index in [0.717, 1.165) is 50.0 Å². The number of rotatable bonds is 6. The van der Waals surface area contributed by atoms with Gasteiger partial charge in [-0.1, -0.05) is 20.8 Å². The molecule has 140 valence electrons. The Balaban J connectivity index is 1.75. The summed E-state index contributed by atoms with van der Waals surface area (Å²) in [6, 6.07) is 0.362. The zero-order chi connectivity index (χ0) is 17.8. The van der Waals surface area contributed by atoms with E-state index in [2.05, 4.69) is 30.6 Å². The molecule has 3 rings (SSSR count). The van der Waals surface area contributed by atoms with Crippen LogP contribution < -0.4 is 0 Å². The molecule has 1 aromatic rings. The molecule has 1 amide bonds. The second-order valence-corrected chi connectivity index (χ2v) is 6.99. The van der Waals surface area contributed by atoms with Gasteiger partial charge in [-0.05, 0) is 32.1 Å². The van der Waals surface area contributed by atoms with Crippen molar-refractivity contribution in [3.8, 4) is 0 Å². The Morgan fingerprint density at radius 3 is 2.64 bits per heavy atom. The third-order valence-electron chi connectivity index (χ3n) is 5.51. The van der Waals surface area contributed by atoms with Crippen LogP contribution in [0.15, 0.2) is 6.20 Å². The lowest BCUT2D eigenvalue weighted by Crippen LogP contribution is -2.49. The highest BCUT2D eigenvalue weighted by molar-refractivity contribution is 5.95. The van der Waals surface area contributed by atoms with E-state index in [1.165, 1.54) is 0 Å². The van der Waals surface area contributed by atoms with Gasteiger partial charge in [-0.15, -0.1) is 0 Å². The van der Waals surface area contributed by atoms with Gasteiger partial charge in [-0.25, -0.2) is 0 Å². The summed E-state index contributed by atoms with van der Waals surface area (Å²) in [5.74, 6) is 0.0837. The molecule has 0 radical (unpaired) electrons. The fourth-order valence-electron chi connectivity index (χ4n) is 4.02. The van der Waals surface area contributed by atoms with Crippen molar-refractivity contribution < 1.29 is 14.3 Å². The first kappa shape index (κ1) is 18.4. The smallest absolute Gasteiger partial charge is 0.257 e. The van der Waals surface area contributed by atoms with E-state index in [-0.39, 0.29) is 18.1 Å². The van der Waals surface area contributed by atoms with Gasteiger partial charge in [0.2, 0.25) is 0 Å². The first-order chi connectivity index (χ1) is 12.2. The molecule has 0 spiro atoms. The van der Waals surface area contributed by atoms with Gasteiger partial charge in [-0.3, -0.25) is 9.48 Å². The molecule has 25 heavy (non-hydrogen) atoms. The maximum absolute atomic E-state index is 13.1. The van der Waals surface area contributed by atoms with Crippen LogP contribution in [0.25, 0.3) is 0 Å². The van der Waals surface area contributed by atoms with E-state index >= 15 is 0 Å². The zero-order valence-corrected chi connectivity index (χ0v) is 15.7. The lowest BCUT2D eigenvalue weighted by Gasteiger charge is -2.35. The summed E-state index contributed by atoms with van der Waals surface area (Å²) in [5, 5.41) is 4.55. The zero-order valence-electron chi connectivity index (χ0n) is 15.7. The Morgan fingerprint density at radius 2 is 2.00 bits per heavy atom. The van der Waals surface area contributed by atoms with Crippen LogP contribution in [0.5, 0.6) is 0 Å². The van der Waals surface area contributed by atoms with Gasteiger partial charge in [0.1, 0.15) is 6.10 Å². The second-order valence-electron chi connectivity index (χ2n) is 6.99. The molecular weight excluding hydrogens is 318 g/mol. The maximum atomic E-state index is 13.1. The van der Waals surface area contributed by atoms with E-state index in [9.17, 15) is 4.79 Å². The Morgan fingerprint density at radius 1 is 1.24 bits per heavy atom. The molecule has 2 saturated heterocycles. The average Bonchev–Trinajstić information content (AvgIpc) is 3.32. The van der Waals surface area contributed by atoms with Crippen LogP contribution in [-0.2, 0) is 15.9 Å². The van der Waals surface area contributed by atoms with Crippen LogP contribution in [0.3, 0.4) is 0 Å². The normalized spacial score (nSPS) is 24.2. The summed E-state index contributed by atoms with van der Waals surface area (Å²) >= 11 is 0. The van der Waals surface area contributed by atoms with Gasteiger partial charge in [-0.2, -0.15) is 5.10 Å². The largest absolute Gasteiger partial charge is 0.375 e. The van der Waals surface area contributed by atoms with Gasteiger partial charge < -0.3 is 14.4 Å². The molecule has 6 nitrogen and oxygen atoms in total. The Labute approximate surface area is 150 Å². The summed E-state index contributed by atoms with van der Waals surface area (Å²) in [7, 11) is 0. The number of hydrogen-bond donors (Lipinski definition) is 0. The number of hydrogen-bond acceptors (Lipinski definition) is 4. The number of ether oxygens (including phenoxy) is 2. The Bertz CT molecular complexity index is 576. The van der Waals surface area contributed by atoms with E-state index in [1.807, 2.05) is 4.90 Å². The fourth-order valence-corrected chi connectivity index (χ4v) is 4.02. The molecule has 0 bridgehead atoms. The summed E-state index contributed by atoms with van der Waals surface area (Å²) in [6.07, 6.45) is 6.87. The molecular formula is C19H31N3O3. The van der Waals surface area contributed by atoms with Crippen molar-refractivity contribution >= 4 is 5.91 Å². The van der Waals surface area contributed by atoms with Crippen LogP contribution in [0, 0.1) is 0 Å². The van der Waals surface area contributed by atoms with E-state index in [1.54, 1.807) is 6.20 Å². The first-order valence-corrected chi connectivity index (χ1v) is 9.78. The number of amides is 1.